The lowest BCUT2D eigenvalue weighted by Crippen LogP contribution is -2.52. The number of nitrogens with zero attached hydrogens (tertiary/aromatic N) is 2. The van der Waals surface area contributed by atoms with E-state index in [1.54, 1.807) is 7.11 Å². The molecule has 0 aliphatic carbocycles. The number of halogens is 1. The first-order valence-corrected chi connectivity index (χ1v) is 23.9. The zero-order valence-electron chi connectivity index (χ0n) is 33.0. The SMILES string of the molecule is COc1ccc([Si](C)(C)[C@H]2[C@H](CC(=O)N3Cc4ccccc4C[C@H]3CO)O[C@@]3(C(=O)N(Cc4cccc(NC(=O)[C@H]5CCCN5)c4)c4ccc(Br)cc43)[C@@H]2C)cc1. The average molecular weight is 852 g/mol. The fourth-order valence-corrected chi connectivity index (χ4v) is 14.4. The fraction of sp³-hybridized carbons (Fsp3) is 0.400. The van der Waals surface area contributed by atoms with Gasteiger partial charge in [0.1, 0.15) is 5.75 Å². The van der Waals surface area contributed by atoms with E-state index in [4.69, 9.17) is 9.47 Å². The third-order valence-electron chi connectivity index (χ3n) is 13.0. The second-order valence-electron chi connectivity index (χ2n) is 16.6. The summed E-state index contributed by atoms with van der Waals surface area (Å²) in [5, 5.41) is 18.0. The Morgan fingerprint density at radius 1 is 1.04 bits per heavy atom. The molecule has 0 radical (unpaired) electrons. The summed E-state index contributed by atoms with van der Waals surface area (Å²) in [6, 6.07) is 29.3. The molecule has 10 nitrogen and oxygen atoms in total. The van der Waals surface area contributed by atoms with Crippen LogP contribution in [-0.4, -0.2) is 74.3 Å². The number of hydrogen-bond donors (Lipinski definition) is 3. The van der Waals surface area contributed by atoms with E-state index in [0.717, 1.165) is 57.5 Å². The van der Waals surface area contributed by atoms with Crippen molar-refractivity contribution in [3.8, 4) is 5.75 Å². The van der Waals surface area contributed by atoms with Crippen LogP contribution in [0.5, 0.6) is 5.75 Å². The van der Waals surface area contributed by atoms with E-state index in [1.807, 2.05) is 82.6 Å². The van der Waals surface area contributed by atoms with Crippen LogP contribution >= 0.6 is 15.9 Å². The molecule has 4 aromatic rings. The largest absolute Gasteiger partial charge is 0.497 e. The van der Waals surface area contributed by atoms with Crippen LogP contribution in [0.4, 0.5) is 11.4 Å². The van der Waals surface area contributed by atoms with Crippen molar-refractivity contribution in [2.75, 3.05) is 30.5 Å². The van der Waals surface area contributed by atoms with Crippen molar-refractivity contribution in [3.05, 3.63) is 118 Å². The van der Waals surface area contributed by atoms with Crippen LogP contribution in [0.2, 0.25) is 18.6 Å². The van der Waals surface area contributed by atoms with Crippen molar-refractivity contribution in [1.29, 1.82) is 0 Å². The number of anilines is 2. The Labute approximate surface area is 344 Å². The van der Waals surface area contributed by atoms with Gasteiger partial charge in [-0.15, -0.1) is 0 Å². The van der Waals surface area contributed by atoms with E-state index >= 15 is 4.79 Å². The standard InChI is InChI=1S/C45H51BrN4O6Si/c1-28-42(57(3,4)36-17-15-35(55-2)16-18-36)40(24-41(52)49-26-31-11-6-5-10-30(31)22-34(49)27-51)56-45(28)37-23-32(46)14-19-39(37)50(44(45)54)25-29-9-7-12-33(21-29)48-43(53)38-13-8-20-47-38/h5-7,9-12,14-19,21,23,28,34,38,40,42,47,51H,8,13,20,22,24-27H2,1-4H3,(H,48,53)/t28-,34+,38-,40+,42-,45+/m1/s1. The van der Waals surface area contributed by atoms with Gasteiger partial charge in [0, 0.05) is 28.2 Å². The van der Waals surface area contributed by atoms with Crippen LogP contribution in [0.1, 0.15) is 48.4 Å². The molecule has 0 aromatic heterocycles. The van der Waals surface area contributed by atoms with Gasteiger partial charge in [-0.3, -0.25) is 14.4 Å². The predicted molar refractivity (Wildman–Crippen MR) is 227 cm³/mol. The minimum Gasteiger partial charge on any atom is -0.497 e. The number of ether oxygens (including phenoxy) is 2. The number of nitrogens with one attached hydrogen (secondary N) is 2. The first kappa shape index (κ1) is 39.5. The van der Waals surface area contributed by atoms with Crippen molar-refractivity contribution < 1.29 is 29.0 Å². The van der Waals surface area contributed by atoms with Crippen LogP contribution in [-0.2, 0) is 44.2 Å². The van der Waals surface area contributed by atoms with Crippen LogP contribution < -0.4 is 25.5 Å². The quantitative estimate of drug-likeness (QED) is 0.162. The topological polar surface area (TPSA) is 120 Å². The second kappa shape index (κ2) is 15.8. The lowest BCUT2D eigenvalue weighted by Gasteiger charge is -2.39. The molecule has 57 heavy (non-hydrogen) atoms. The average Bonchev–Trinajstić information content (AvgIpc) is 3.91. The summed E-state index contributed by atoms with van der Waals surface area (Å²) in [5.74, 6) is 0.156. The van der Waals surface area contributed by atoms with Crippen molar-refractivity contribution in [3.63, 3.8) is 0 Å². The highest BCUT2D eigenvalue weighted by Gasteiger charge is 2.66. The summed E-state index contributed by atoms with van der Waals surface area (Å²) in [6.07, 6.45) is 1.86. The molecule has 2 fully saturated rings. The Kier molecular flexibility index (Phi) is 10.9. The normalized spacial score (nSPS) is 25.4. The molecule has 1 spiro atoms. The third kappa shape index (κ3) is 7.13. The lowest BCUT2D eigenvalue weighted by molar-refractivity contribution is -0.151. The maximum atomic E-state index is 15.4. The van der Waals surface area contributed by atoms with E-state index < -0.39 is 19.8 Å². The Bertz CT molecular complexity index is 2180. The van der Waals surface area contributed by atoms with Crippen LogP contribution in [0.25, 0.3) is 0 Å². The number of hydrogen-bond acceptors (Lipinski definition) is 7. The molecule has 4 aromatic carbocycles. The number of rotatable bonds is 10. The number of benzene rings is 4. The van der Waals surface area contributed by atoms with Gasteiger partial charge in [0.15, 0.2) is 5.60 Å². The number of aliphatic hydroxyl groups is 1. The number of carbonyl (C=O) groups is 3. The fourth-order valence-electron chi connectivity index (χ4n) is 10.0. The molecule has 4 aliphatic rings. The van der Waals surface area contributed by atoms with Gasteiger partial charge in [0.2, 0.25) is 11.8 Å². The minimum absolute atomic E-state index is 0.0569. The summed E-state index contributed by atoms with van der Waals surface area (Å²) in [4.78, 5) is 46.6. The molecule has 8 rings (SSSR count). The highest BCUT2D eigenvalue weighted by Crippen LogP contribution is 2.60. The number of aliphatic hydroxyl groups excluding tert-OH is 1. The van der Waals surface area contributed by atoms with Gasteiger partial charge in [0.25, 0.3) is 5.91 Å². The van der Waals surface area contributed by atoms with E-state index in [-0.39, 0.29) is 60.8 Å². The van der Waals surface area contributed by atoms with Gasteiger partial charge in [-0.2, -0.15) is 0 Å². The summed E-state index contributed by atoms with van der Waals surface area (Å²) in [6.45, 7) is 8.12. The minimum atomic E-state index is -2.52. The number of methoxy groups -OCH3 is 1. The maximum absolute atomic E-state index is 15.4. The molecule has 3 N–H and O–H groups in total. The monoisotopic (exact) mass is 850 g/mol. The molecule has 298 valence electrons. The molecule has 0 unspecified atom stereocenters. The van der Waals surface area contributed by atoms with Crippen molar-refractivity contribution in [2.45, 2.75) is 88.1 Å². The molecule has 0 bridgehead atoms. The summed E-state index contributed by atoms with van der Waals surface area (Å²) >= 11 is 3.70. The molecule has 4 heterocycles. The van der Waals surface area contributed by atoms with E-state index in [9.17, 15) is 14.7 Å². The van der Waals surface area contributed by atoms with Crippen LogP contribution in [0.3, 0.4) is 0 Å². The Morgan fingerprint density at radius 3 is 2.53 bits per heavy atom. The molecule has 2 saturated heterocycles. The Hall–Kier alpha value is -4.33. The van der Waals surface area contributed by atoms with Gasteiger partial charge in [0.05, 0.1) is 58.6 Å². The maximum Gasteiger partial charge on any atom is 0.264 e. The smallest absolute Gasteiger partial charge is 0.264 e. The third-order valence-corrected chi connectivity index (χ3v) is 17.8. The summed E-state index contributed by atoms with van der Waals surface area (Å²) in [7, 11) is -0.870. The predicted octanol–water partition coefficient (Wildman–Crippen LogP) is 6.25. The molecule has 0 saturated carbocycles. The van der Waals surface area contributed by atoms with Gasteiger partial charge in [-0.25, -0.2) is 0 Å². The molecule has 6 atom stereocenters. The van der Waals surface area contributed by atoms with Crippen LogP contribution in [0, 0.1) is 5.92 Å². The molecular formula is C45H51BrN4O6Si. The van der Waals surface area contributed by atoms with Gasteiger partial charge in [-0.05, 0) is 90.5 Å². The van der Waals surface area contributed by atoms with E-state index in [2.05, 4.69) is 64.8 Å². The van der Waals surface area contributed by atoms with Crippen molar-refractivity contribution in [2.24, 2.45) is 5.92 Å². The Balaban J connectivity index is 1.15. The highest BCUT2D eigenvalue weighted by molar-refractivity contribution is 9.10. The first-order chi connectivity index (χ1) is 27.4. The first-order valence-electron chi connectivity index (χ1n) is 20.0. The van der Waals surface area contributed by atoms with Gasteiger partial charge >= 0.3 is 0 Å². The van der Waals surface area contributed by atoms with Crippen molar-refractivity contribution >= 4 is 58.3 Å². The zero-order chi connectivity index (χ0) is 40.1. The summed E-state index contributed by atoms with van der Waals surface area (Å²) in [5.41, 5.74) is 3.84. The zero-order valence-corrected chi connectivity index (χ0v) is 35.6. The number of fused-ring (bicyclic) bond motifs is 3. The van der Waals surface area contributed by atoms with Crippen LogP contribution in [0.15, 0.2) is 95.5 Å². The molecule has 12 heteroatoms. The van der Waals surface area contributed by atoms with Crippen molar-refractivity contribution in [1.82, 2.24) is 10.2 Å². The van der Waals surface area contributed by atoms with Gasteiger partial charge < -0.3 is 35.0 Å². The van der Waals surface area contributed by atoms with E-state index in [1.165, 1.54) is 5.19 Å². The molecular weight excluding hydrogens is 801 g/mol. The molecule has 4 aliphatic heterocycles. The second-order valence-corrected chi connectivity index (χ2v) is 22.2. The van der Waals surface area contributed by atoms with E-state index in [0.29, 0.717) is 18.7 Å². The molecule has 3 amide bonds. The number of carbonyl (C=O) groups excluding carboxylic acids is 3. The Morgan fingerprint density at radius 2 is 1.81 bits per heavy atom. The highest BCUT2D eigenvalue weighted by atomic mass is 79.9. The number of amides is 3. The summed E-state index contributed by atoms with van der Waals surface area (Å²) < 4.78 is 13.6. The lowest BCUT2D eigenvalue weighted by atomic mass is 9.82. The van der Waals surface area contributed by atoms with Gasteiger partial charge in [-0.1, -0.05) is 89.7 Å².